The monoisotopic (exact) mass is 353 g/mol. The minimum absolute atomic E-state index is 0.00139. The van der Waals surface area contributed by atoms with Crippen molar-refractivity contribution in [2.24, 2.45) is 5.92 Å². The van der Waals surface area contributed by atoms with Gasteiger partial charge in [-0.15, -0.1) is 0 Å². The van der Waals surface area contributed by atoms with Crippen LogP contribution in [0.3, 0.4) is 0 Å². The lowest BCUT2D eigenvalue weighted by atomic mass is 9.75. The molecule has 0 aromatic heterocycles. The second kappa shape index (κ2) is 7.38. The van der Waals surface area contributed by atoms with Crippen LogP contribution in [0.4, 0.5) is 0 Å². The van der Waals surface area contributed by atoms with Crippen molar-refractivity contribution in [2.45, 2.75) is 31.4 Å². The molecular formula is C21H23NO4. The van der Waals surface area contributed by atoms with Crippen LogP contribution < -0.4 is 14.8 Å². The molecule has 1 heterocycles. The quantitative estimate of drug-likeness (QED) is 0.867. The van der Waals surface area contributed by atoms with E-state index in [-0.39, 0.29) is 18.1 Å². The van der Waals surface area contributed by atoms with Gasteiger partial charge < -0.3 is 19.9 Å². The first kappa shape index (κ1) is 16.9. The Morgan fingerprint density at radius 3 is 2.54 bits per heavy atom. The lowest BCUT2D eigenvalue weighted by Gasteiger charge is -2.38. The van der Waals surface area contributed by atoms with Crippen LogP contribution in [0.1, 0.15) is 28.8 Å². The lowest BCUT2D eigenvalue weighted by molar-refractivity contribution is 0.0239. The molecule has 2 aromatic rings. The molecule has 5 nitrogen and oxygen atoms in total. The van der Waals surface area contributed by atoms with Gasteiger partial charge in [-0.2, -0.15) is 0 Å². The molecule has 0 radical (unpaired) electrons. The molecule has 4 rings (SSSR count). The third-order valence-corrected chi connectivity index (χ3v) is 5.14. The Labute approximate surface area is 152 Å². The number of hydrogen-bond donors (Lipinski definition) is 2. The number of aliphatic hydroxyl groups is 1. The van der Waals surface area contributed by atoms with E-state index in [1.54, 1.807) is 18.2 Å². The van der Waals surface area contributed by atoms with Crippen molar-refractivity contribution in [2.75, 3.05) is 13.2 Å². The van der Waals surface area contributed by atoms with Crippen LogP contribution in [-0.2, 0) is 6.42 Å². The molecule has 2 aromatic carbocycles. The van der Waals surface area contributed by atoms with Gasteiger partial charge in [0.25, 0.3) is 5.91 Å². The molecule has 1 fully saturated rings. The van der Waals surface area contributed by atoms with E-state index < -0.39 is 0 Å². The first-order chi connectivity index (χ1) is 12.7. The molecule has 1 aliphatic heterocycles. The van der Waals surface area contributed by atoms with Crippen LogP contribution in [0.15, 0.2) is 48.5 Å². The minimum Gasteiger partial charge on any atom is -0.486 e. The summed E-state index contributed by atoms with van der Waals surface area (Å²) in [6.07, 6.45) is 1.98. The molecule has 0 bridgehead atoms. The Hall–Kier alpha value is -2.53. The van der Waals surface area contributed by atoms with E-state index >= 15 is 0 Å². The normalized spacial score (nSPS) is 22.2. The van der Waals surface area contributed by atoms with E-state index in [1.807, 2.05) is 18.2 Å². The molecule has 0 saturated heterocycles. The minimum atomic E-state index is -0.246. The number of carbonyl (C=O) groups excluding carboxylic acids is 1. The highest BCUT2D eigenvalue weighted by Gasteiger charge is 2.35. The van der Waals surface area contributed by atoms with Crippen LogP contribution in [0, 0.1) is 5.92 Å². The van der Waals surface area contributed by atoms with Crippen LogP contribution in [0.25, 0.3) is 0 Å². The molecule has 0 spiro atoms. The summed E-state index contributed by atoms with van der Waals surface area (Å²) in [6.45, 7) is 1.02. The molecule has 2 aliphatic rings. The molecule has 1 saturated carbocycles. The second-order valence-electron chi connectivity index (χ2n) is 7.01. The van der Waals surface area contributed by atoms with E-state index in [0.717, 1.165) is 19.3 Å². The topological polar surface area (TPSA) is 67.8 Å². The van der Waals surface area contributed by atoms with Crippen molar-refractivity contribution in [3.63, 3.8) is 0 Å². The number of hydrogen-bond acceptors (Lipinski definition) is 4. The van der Waals surface area contributed by atoms with Gasteiger partial charge in [0.2, 0.25) is 0 Å². The summed E-state index contributed by atoms with van der Waals surface area (Å²) in [5.74, 6) is 1.47. The maximum Gasteiger partial charge on any atom is 0.251 e. The summed E-state index contributed by atoms with van der Waals surface area (Å²) in [5, 5.41) is 12.8. The highest BCUT2D eigenvalue weighted by Crippen LogP contribution is 2.33. The maximum atomic E-state index is 12.8. The van der Waals surface area contributed by atoms with Crippen molar-refractivity contribution < 1.29 is 19.4 Å². The van der Waals surface area contributed by atoms with Gasteiger partial charge in [0, 0.05) is 11.6 Å². The standard InChI is InChI=1S/C21H23NO4/c23-17-11-16(12-17)18(10-14-4-2-1-3-5-14)22-21(24)15-6-7-19-20(13-15)26-9-8-25-19/h1-7,13,16-18,23H,8-12H2,(H,22,24)/t16?,17?,18-/m0/s1. The van der Waals surface area contributed by atoms with Gasteiger partial charge >= 0.3 is 0 Å². The predicted octanol–water partition coefficient (Wildman–Crippen LogP) is 2.57. The molecule has 26 heavy (non-hydrogen) atoms. The number of aliphatic hydroxyl groups excluding tert-OH is 1. The first-order valence-corrected chi connectivity index (χ1v) is 9.11. The molecule has 0 unspecified atom stereocenters. The highest BCUT2D eigenvalue weighted by molar-refractivity contribution is 5.95. The number of fused-ring (bicyclic) bond motifs is 1. The molecular weight excluding hydrogens is 330 g/mol. The Bertz CT molecular complexity index is 771. The van der Waals surface area contributed by atoms with Gasteiger partial charge in [-0.3, -0.25) is 4.79 Å². The zero-order chi connectivity index (χ0) is 17.9. The third-order valence-electron chi connectivity index (χ3n) is 5.14. The zero-order valence-electron chi connectivity index (χ0n) is 14.6. The van der Waals surface area contributed by atoms with Gasteiger partial charge in [-0.05, 0) is 48.9 Å². The Morgan fingerprint density at radius 1 is 1.08 bits per heavy atom. The summed E-state index contributed by atoms with van der Waals surface area (Å²) in [6, 6.07) is 15.4. The zero-order valence-corrected chi connectivity index (χ0v) is 14.6. The molecule has 5 heteroatoms. The van der Waals surface area contributed by atoms with E-state index in [2.05, 4.69) is 17.4 Å². The van der Waals surface area contributed by atoms with E-state index in [1.165, 1.54) is 5.56 Å². The van der Waals surface area contributed by atoms with Gasteiger partial charge in [-0.25, -0.2) is 0 Å². The first-order valence-electron chi connectivity index (χ1n) is 9.11. The van der Waals surface area contributed by atoms with Crippen LogP contribution in [-0.4, -0.2) is 36.4 Å². The molecule has 1 aliphatic carbocycles. The summed E-state index contributed by atoms with van der Waals surface area (Å²) >= 11 is 0. The summed E-state index contributed by atoms with van der Waals surface area (Å²) in [4.78, 5) is 12.8. The Kier molecular flexibility index (Phi) is 4.80. The highest BCUT2D eigenvalue weighted by atomic mass is 16.6. The fraction of sp³-hybridized carbons (Fsp3) is 0.381. The maximum absolute atomic E-state index is 12.8. The van der Waals surface area contributed by atoms with E-state index in [4.69, 9.17) is 9.47 Å². The largest absolute Gasteiger partial charge is 0.486 e. The fourth-order valence-electron chi connectivity index (χ4n) is 3.60. The molecule has 136 valence electrons. The molecule has 1 atom stereocenters. The predicted molar refractivity (Wildman–Crippen MR) is 97.6 cm³/mol. The van der Waals surface area contributed by atoms with E-state index in [0.29, 0.717) is 36.2 Å². The number of carbonyl (C=O) groups is 1. The van der Waals surface area contributed by atoms with E-state index in [9.17, 15) is 9.90 Å². The second-order valence-corrected chi connectivity index (χ2v) is 7.01. The SMILES string of the molecule is O=C(N[C@@H](Cc1ccccc1)C1CC(O)C1)c1ccc2c(c1)OCCO2. The average Bonchev–Trinajstić information content (AvgIpc) is 2.65. The number of ether oxygens (including phenoxy) is 2. The number of rotatable bonds is 5. The van der Waals surface area contributed by atoms with Gasteiger partial charge in [-0.1, -0.05) is 30.3 Å². The third kappa shape index (κ3) is 3.68. The van der Waals surface area contributed by atoms with Gasteiger partial charge in [0.15, 0.2) is 11.5 Å². The number of nitrogens with one attached hydrogen (secondary N) is 1. The van der Waals surface area contributed by atoms with Crippen molar-refractivity contribution >= 4 is 5.91 Å². The number of amides is 1. The number of benzene rings is 2. The van der Waals surface area contributed by atoms with Crippen molar-refractivity contribution in [3.8, 4) is 11.5 Å². The van der Waals surface area contributed by atoms with Crippen molar-refractivity contribution in [1.82, 2.24) is 5.32 Å². The van der Waals surface area contributed by atoms with Gasteiger partial charge in [0.1, 0.15) is 13.2 Å². The van der Waals surface area contributed by atoms with Crippen molar-refractivity contribution in [3.05, 3.63) is 59.7 Å². The summed E-state index contributed by atoms with van der Waals surface area (Å²) < 4.78 is 11.1. The molecule has 1 amide bonds. The van der Waals surface area contributed by atoms with Crippen LogP contribution in [0.5, 0.6) is 11.5 Å². The van der Waals surface area contributed by atoms with Crippen LogP contribution in [0.2, 0.25) is 0 Å². The average molecular weight is 353 g/mol. The van der Waals surface area contributed by atoms with Crippen LogP contribution >= 0.6 is 0 Å². The summed E-state index contributed by atoms with van der Waals surface area (Å²) in [5.41, 5.74) is 1.74. The molecule has 2 N–H and O–H groups in total. The Morgan fingerprint density at radius 2 is 1.81 bits per heavy atom. The van der Waals surface area contributed by atoms with Crippen molar-refractivity contribution in [1.29, 1.82) is 0 Å². The Balaban J connectivity index is 1.48. The van der Waals surface area contributed by atoms with Gasteiger partial charge in [0.05, 0.1) is 6.10 Å². The smallest absolute Gasteiger partial charge is 0.251 e. The lowest BCUT2D eigenvalue weighted by Crippen LogP contribution is -2.48. The summed E-state index contributed by atoms with van der Waals surface area (Å²) in [7, 11) is 0. The fourth-order valence-corrected chi connectivity index (χ4v) is 3.60.